The number of fused-ring (bicyclic) bond motifs is 1. The third-order valence-electron chi connectivity index (χ3n) is 4.99. The number of nitrogens with zero attached hydrogens (tertiary/aromatic N) is 2. The molecular weight excluding hydrogens is 348 g/mol. The van der Waals surface area contributed by atoms with Crippen LogP contribution >= 0.6 is 0 Å². The zero-order chi connectivity index (χ0) is 18.7. The van der Waals surface area contributed by atoms with Gasteiger partial charge in [0.25, 0.3) is 0 Å². The van der Waals surface area contributed by atoms with Crippen LogP contribution in [0.5, 0.6) is 5.75 Å². The van der Waals surface area contributed by atoms with Crippen LogP contribution in [0.3, 0.4) is 0 Å². The maximum Gasteiger partial charge on any atom is 0.356 e. The summed E-state index contributed by atoms with van der Waals surface area (Å²) in [6.45, 7) is 0.620. The van der Waals surface area contributed by atoms with Gasteiger partial charge < -0.3 is 25.4 Å². The van der Waals surface area contributed by atoms with Gasteiger partial charge in [0.1, 0.15) is 11.5 Å². The number of halogens is 2. The zero-order valence-corrected chi connectivity index (χ0v) is 13.7. The van der Waals surface area contributed by atoms with E-state index in [1.807, 2.05) is 0 Å². The summed E-state index contributed by atoms with van der Waals surface area (Å²) in [6.07, 6.45) is 1.74. The molecule has 1 aliphatic carbocycles. The van der Waals surface area contributed by atoms with Crippen molar-refractivity contribution < 1.29 is 23.8 Å². The topological polar surface area (TPSA) is 109 Å². The Balaban J connectivity index is 2.10. The van der Waals surface area contributed by atoms with Gasteiger partial charge in [0, 0.05) is 25.2 Å². The lowest BCUT2D eigenvalue weighted by atomic mass is 10.1. The summed E-state index contributed by atoms with van der Waals surface area (Å²) in [5, 5.41) is 19.1. The molecule has 4 N–H and O–H groups in total. The first-order valence-corrected chi connectivity index (χ1v) is 8.34. The van der Waals surface area contributed by atoms with Gasteiger partial charge in [0.15, 0.2) is 17.3 Å². The summed E-state index contributed by atoms with van der Waals surface area (Å²) < 4.78 is 31.1. The Morgan fingerprint density at radius 3 is 2.50 bits per heavy atom. The fraction of sp³-hybridized carbons (Fsp3) is 0.412. The number of aromatic nitrogens is 1. The number of anilines is 1. The number of aromatic hydroxyl groups is 1. The van der Waals surface area contributed by atoms with Crippen LogP contribution in [0.25, 0.3) is 10.9 Å². The Morgan fingerprint density at radius 2 is 1.96 bits per heavy atom. The molecule has 1 atom stereocenters. The molecule has 138 valence electrons. The fourth-order valence-electron chi connectivity index (χ4n) is 3.65. The van der Waals surface area contributed by atoms with Crippen molar-refractivity contribution in [2.24, 2.45) is 5.73 Å². The van der Waals surface area contributed by atoms with Crippen molar-refractivity contribution in [3.8, 4) is 5.75 Å². The lowest BCUT2D eigenvalue weighted by Gasteiger charge is -2.23. The van der Waals surface area contributed by atoms with Gasteiger partial charge in [-0.25, -0.2) is 13.6 Å². The van der Waals surface area contributed by atoms with Crippen molar-refractivity contribution in [2.75, 3.05) is 18.0 Å². The van der Waals surface area contributed by atoms with Gasteiger partial charge in [0.05, 0.1) is 10.9 Å². The molecule has 2 aliphatic rings. The number of nitrogens with two attached hydrogens (primary N) is 1. The molecule has 0 bridgehead atoms. The number of hydrogen-bond acceptors (Lipinski definition) is 5. The van der Waals surface area contributed by atoms with E-state index >= 15 is 4.39 Å². The molecule has 9 heteroatoms. The lowest BCUT2D eigenvalue weighted by molar-refractivity contribution is 0.0680. The van der Waals surface area contributed by atoms with Gasteiger partial charge in [-0.2, -0.15) is 0 Å². The minimum atomic E-state index is -1.54. The van der Waals surface area contributed by atoms with Crippen LogP contribution in [0.4, 0.5) is 14.5 Å². The molecule has 2 aromatic rings. The van der Waals surface area contributed by atoms with Gasteiger partial charge in [-0.1, -0.05) is 0 Å². The zero-order valence-electron chi connectivity index (χ0n) is 13.7. The largest absolute Gasteiger partial charge is 0.502 e. The second kappa shape index (κ2) is 5.66. The molecule has 0 amide bonds. The van der Waals surface area contributed by atoms with Crippen molar-refractivity contribution in [1.82, 2.24) is 4.57 Å². The van der Waals surface area contributed by atoms with Gasteiger partial charge in [-0.05, 0) is 25.3 Å². The number of pyridine rings is 1. The molecule has 26 heavy (non-hydrogen) atoms. The van der Waals surface area contributed by atoms with Crippen LogP contribution in [-0.4, -0.2) is 39.9 Å². The Morgan fingerprint density at radius 1 is 1.27 bits per heavy atom. The van der Waals surface area contributed by atoms with E-state index in [2.05, 4.69) is 0 Å². The van der Waals surface area contributed by atoms with Crippen molar-refractivity contribution in [3.63, 3.8) is 0 Å². The van der Waals surface area contributed by atoms with Gasteiger partial charge >= 0.3 is 5.97 Å². The van der Waals surface area contributed by atoms with E-state index in [9.17, 15) is 24.2 Å². The monoisotopic (exact) mass is 365 g/mol. The first kappa shape index (κ1) is 16.8. The molecule has 1 saturated heterocycles. The maximum absolute atomic E-state index is 15.4. The van der Waals surface area contributed by atoms with E-state index < -0.39 is 34.5 Å². The normalized spacial score (nSPS) is 20.1. The van der Waals surface area contributed by atoms with Crippen molar-refractivity contribution in [1.29, 1.82) is 0 Å². The predicted molar refractivity (Wildman–Crippen MR) is 89.8 cm³/mol. The second-order valence-electron chi connectivity index (χ2n) is 6.84. The number of rotatable bonds is 3. The van der Waals surface area contributed by atoms with Gasteiger partial charge in [0.2, 0.25) is 5.43 Å². The van der Waals surface area contributed by atoms with Crippen LogP contribution < -0.4 is 16.1 Å². The number of carboxylic acids is 1. The summed E-state index contributed by atoms with van der Waals surface area (Å²) >= 11 is 0. The summed E-state index contributed by atoms with van der Waals surface area (Å²) in [5.74, 6) is -4.49. The highest BCUT2D eigenvalue weighted by Gasteiger charge is 2.35. The molecular formula is C17H17F2N3O4. The number of carboxylic acid groups (broad SMARTS) is 1. The molecule has 4 rings (SSSR count). The molecule has 0 radical (unpaired) electrons. The standard InChI is InChI=1S/C17H17F2N3O4/c18-10-5-9-12(11(19)13(10)21-4-3-7(20)6-21)22(8-1-2-8)14(17(25)26)16(24)15(9)23/h5,7-8,24H,1-4,6,20H2,(H,25,26). The number of aromatic carboxylic acids is 1. The molecule has 2 fully saturated rings. The average molecular weight is 365 g/mol. The summed E-state index contributed by atoms with van der Waals surface area (Å²) in [7, 11) is 0. The second-order valence-corrected chi connectivity index (χ2v) is 6.84. The van der Waals surface area contributed by atoms with Gasteiger partial charge in [-0.15, -0.1) is 0 Å². The SMILES string of the molecule is NC1CCN(c2c(F)cc3c(=O)c(O)c(C(=O)O)n(C4CC4)c3c2F)C1. The minimum Gasteiger partial charge on any atom is -0.502 e. The summed E-state index contributed by atoms with van der Waals surface area (Å²) in [4.78, 5) is 25.4. The Bertz CT molecular complexity index is 1000. The number of hydrogen-bond donors (Lipinski definition) is 3. The van der Waals surface area contributed by atoms with Crippen LogP contribution in [0.1, 0.15) is 35.8 Å². The van der Waals surface area contributed by atoms with E-state index in [4.69, 9.17) is 5.73 Å². The average Bonchev–Trinajstić information content (AvgIpc) is 3.32. The smallest absolute Gasteiger partial charge is 0.356 e. The lowest BCUT2D eigenvalue weighted by Crippen LogP contribution is -2.28. The van der Waals surface area contributed by atoms with E-state index in [1.54, 1.807) is 0 Å². The van der Waals surface area contributed by atoms with E-state index in [0.717, 1.165) is 10.6 Å². The number of carbonyl (C=O) groups is 1. The van der Waals surface area contributed by atoms with Crippen LogP contribution in [0.2, 0.25) is 0 Å². The molecule has 2 heterocycles. The van der Waals surface area contributed by atoms with Crippen LogP contribution in [0, 0.1) is 11.6 Å². The van der Waals surface area contributed by atoms with Crippen molar-refractivity contribution in [3.05, 3.63) is 33.6 Å². The third-order valence-corrected chi connectivity index (χ3v) is 4.99. The Kier molecular flexibility index (Phi) is 3.65. The molecule has 7 nitrogen and oxygen atoms in total. The maximum atomic E-state index is 15.4. The number of benzene rings is 1. The molecule has 1 aliphatic heterocycles. The van der Waals surface area contributed by atoms with E-state index in [1.165, 1.54) is 4.90 Å². The predicted octanol–water partition coefficient (Wildman–Crippen LogP) is 1.56. The highest BCUT2D eigenvalue weighted by Crippen LogP contribution is 2.42. The summed E-state index contributed by atoms with van der Waals surface area (Å²) in [5.41, 5.74) is 3.45. The first-order chi connectivity index (χ1) is 12.3. The minimum absolute atomic E-state index is 0.218. The van der Waals surface area contributed by atoms with Crippen molar-refractivity contribution >= 4 is 22.6 Å². The van der Waals surface area contributed by atoms with Crippen LogP contribution in [0.15, 0.2) is 10.9 Å². The quantitative estimate of drug-likeness (QED) is 0.762. The summed E-state index contributed by atoms with van der Waals surface area (Å²) in [6, 6.07) is 0.290. The molecule has 0 spiro atoms. The van der Waals surface area contributed by atoms with E-state index in [-0.39, 0.29) is 35.2 Å². The van der Waals surface area contributed by atoms with Crippen LogP contribution in [-0.2, 0) is 0 Å². The molecule has 1 unspecified atom stereocenters. The molecule has 1 saturated carbocycles. The highest BCUT2D eigenvalue weighted by atomic mass is 19.1. The molecule has 1 aromatic heterocycles. The Labute approximate surface area is 146 Å². The Hall–Kier alpha value is -2.68. The molecule has 1 aromatic carbocycles. The third kappa shape index (κ3) is 2.34. The van der Waals surface area contributed by atoms with Crippen molar-refractivity contribution in [2.45, 2.75) is 31.3 Å². The van der Waals surface area contributed by atoms with E-state index in [0.29, 0.717) is 25.8 Å². The fourth-order valence-corrected chi connectivity index (χ4v) is 3.65. The highest BCUT2D eigenvalue weighted by molar-refractivity contribution is 5.95. The van der Waals surface area contributed by atoms with Gasteiger partial charge in [-0.3, -0.25) is 4.79 Å². The first-order valence-electron chi connectivity index (χ1n) is 8.34.